The fourth-order valence-corrected chi connectivity index (χ4v) is 3.44. The summed E-state index contributed by atoms with van der Waals surface area (Å²) in [5.41, 5.74) is 2.94. The standard InChI is InChI=1S/C16H18N2O2S/c19-18-15(16-6-3-7-20-16)11-21-10-12-8-13-4-1-2-5-14(13)17-9-12/h1-2,4-5,8-9,16,19H,3,6-7,10-11H2/b18-15-. The molecule has 4 nitrogen and oxygen atoms in total. The summed E-state index contributed by atoms with van der Waals surface area (Å²) in [6, 6.07) is 10.3. The van der Waals surface area contributed by atoms with Crippen LogP contribution in [0, 0.1) is 0 Å². The van der Waals surface area contributed by atoms with Crippen LogP contribution in [-0.2, 0) is 10.5 Å². The van der Waals surface area contributed by atoms with Gasteiger partial charge in [-0.15, -0.1) is 0 Å². The van der Waals surface area contributed by atoms with Gasteiger partial charge in [-0.05, 0) is 30.5 Å². The van der Waals surface area contributed by atoms with Gasteiger partial charge in [0, 0.05) is 29.7 Å². The van der Waals surface area contributed by atoms with Gasteiger partial charge >= 0.3 is 0 Å². The van der Waals surface area contributed by atoms with Crippen molar-refractivity contribution in [1.29, 1.82) is 0 Å². The van der Waals surface area contributed by atoms with Crippen molar-refractivity contribution in [1.82, 2.24) is 4.98 Å². The summed E-state index contributed by atoms with van der Waals surface area (Å²) in [6.45, 7) is 0.767. The highest BCUT2D eigenvalue weighted by molar-refractivity contribution is 7.99. The van der Waals surface area contributed by atoms with E-state index in [0.717, 1.165) is 41.8 Å². The van der Waals surface area contributed by atoms with Gasteiger partial charge in [-0.3, -0.25) is 4.98 Å². The van der Waals surface area contributed by atoms with Crippen LogP contribution in [-0.4, -0.2) is 34.4 Å². The molecule has 1 unspecified atom stereocenters. The normalized spacial score (nSPS) is 19.2. The van der Waals surface area contributed by atoms with Crippen LogP contribution < -0.4 is 0 Å². The van der Waals surface area contributed by atoms with Crippen LogP contribution in [0.5, 0.6) is 0 Å². The van der Waals surface area contributed by atoms with E-state index in [1.54, 1.807) is 11.8 Å². The fraction of sp³-hybridized carbons (Fsp3) is 0.375. The molecule has 2 heterocycles. The Kier molecular flexibility index (Phi) is 4.72. The van der Waals surface area contributed by atoms with Crippen molar-refractivity contribution < 1.29 is 9.94 Å². The SMILES string of the molecule is O/N=C(/CSCc1cnc2ccccc2c1)C1CCCO1. The third kappa shape index (κ3) is 3.54. The molecule has 0 radical (unpaired) electrons. The summed E-state index contributed by atoms with van der Waals surface area (Å²) in [5, 5.41) is 13.7. The molecule has 1 aromatic heterocycles. The molecule has 110 valence electrons. The van der Waals surface area contributed by atoms with Crippen molar-refractivity contribution >= 4 is 28.4 Å². The average molecular weight is 302 g/mol. The van der Waals surface area contributed by atoms with Crippen molar-refractivity contribution in [2.45, 2.75) is 24.7 Å². The maximum Gasteiger partial charge on any atom is 0.0998 e. The molecule has 1 saturated heterocycles. The van der Waals surface area contributed by atoms with Gasteiger partial charge in [0.25, 0.3) is 0 Å². The van der Waals surface area contributed by atoms with E-state index >= 15 is 0 Å². The minimum atomic E-state index is -0.00257. The molecule has 1 aromatic carbocycles. The zero-order valence-corrected chi connectivity index (χ0v) is 12.6. The Hall–Kier alpha value is -1.59. The van der Waals surface area contributed by atoms with Gasteiger partial charge < -0.3 is 9.94 Å². The summed E-state index contributed by atoms with van der Waals surface area (Å²) in [4.78, 5) is 4.46. The Morgan fingerprint density at radius 2 is 2.33 bits per heavy atom. The van der Waals surface area contributed by atoms with Crippen LogP contribution in [0.4, 0.5) is 0 Å². The number of benzene rings is 1. The maximum atomic E-state index is 9.11. The lowest BCUT2D eigenvalue weighted by atomic mass is 10.2. The quantitative estimate of drug-likeness (QED) is 0.522. The lowest BCUT2D eigenvalue weighted by Gasteiger charge is -2.11. The molecule has 0 saturated carbocycles. The zero-order valence-electron chi connectivity index (χ0n) is 11.7. The Morgan fingerprint density at radius 1 is 1.43 bits per heavy atom. The van der Waals surface area contributed by atoms with Crippen LogP contribution in [0.25, 0.3) is 10.9 Å². The summed E-state index contributed by atoms with van der Waals surface area (Å²) in [7, 11) is 0. The number of oxime groups is 1. The number of hydrogen-bond acceptors (Lipinski definition) is 5. The smallest absolute Gasteiger partial charge is 0.0998 e. The maximum absolute atomic E-state index is 9.11. The molecule has 5 heteroatoms. The van der Waals surface area contributed by atoms with E-state index in [1.807, 2.05) is 24.4 Å². The van der Waals surface area contributed by atoms with Crippen molar-refractivity contribution in [3.63, 3.8) is 0 Å². The Morgan fingerprint density at radius 3 is 3.14 bits per heavy atom. The van der Waals surface area contributed by atoms with Gasteiger partial charge in [0.2, 0.25) is 0 Å². The first kappa shape index (κ1) is 14.4. The molecule has 0 amide bonds. The Labute approximate surface area is 128 Å². The topological polar surface area (TPSA) is 54.7 Å². The van der Waals surface area contributed by atoms with E-state index in [4.69, 9.17) is 9.94 Å². The summed E-state index contributed by atoms with van der Waals surface area (Å²) >= 11 is 1.72. The first-order valence-corrected chi connectivity index (χ1v) is 8.26. The average Bonchev–Trinajstić information content (AvgIpc) is 3.05. The number of para-hydroxylation sites is 1. The Balaban J connectivity index is 1.58. The summed E-state index contributed by atoms with van der Waals surface area (Å²) in [6.07, 6.45) is 3.91. The molecule has 21 heavy (non-hydrogen) atoms. The lowest BCUT2D eigenvalue weighted by Crippen LogP contribution is -2.21. The highest BCUT2D eigenvalue weighted by atomic mass is 32.2. The van der Waals surface area contributed by atoms with E-state index in [0.29, 0.717) is 5.75 Å². The third-order valence-corrected chi connectivity index (χ3v) is 4.63. The molecular formula is C16H18N2O2S. The van der Waals surface area contributed by atoms with Gasteiger partial charge in [0.05, 0.1) is 17.3 Å². The summed E-state index contributed by atoms with van der Waals surface area (Å²) < 4.78 is 5.55. The van der Waals surface area contributed by atoms with Gasteiger partial charge in [-0.25, -0.2) is 0 Å². The molecule has 1 aliphatic rings. The van der Waals surface area contributed by atoms with Gasteiger partial charge in [0.15, 0.2) is 0 Å². The van der Waals surface area contributed by atoms with Crippen LogP contribution >= 0.6 is 11.8 Å². The van der Waals surface area contributed by atoms with E-state index in [2.05, 4.69) is 22.3 Å². The van der Waals surface area contributed by atoms with Crippen molar-refractivity contribution in [2.24, 2.45) is 5.16 Å². The zero-order chi connectivity index (χ0) is 14.5. The molecule has 0 aliphatic carbocycles. The molecular weight excluding hydrogens is 284 g/mol. The number of fused-ring (bicyclic) bond motifs is 1. The number of nitrogens with zero attached hydrogens (tertiary/aromatic N) is 2. The second-order valence-electron chi connectivity index (χ2n) is 5.12. The number of ether oxygens (including phenoxy) is 1. The van der Waals surface area contributed by atoms with Crippen LogP contribution in [0.1, 0.15) is 18.4 Å². The molecule has 1 atom stereocenters. The van der Waals surface area contributed by atoms with Crippen LogP contribution in [0.2, 0.25) is 0 Å². The molecule has 1 fully saturated rings. The predicted octanol–water partition coefficient (Wildman–Crippen LogP) is 3.48. The van der Waals surface area contributed by atoms with Crippen LogP contribution in [0.15, 0.2) is 41.7 Å². The first-order chi connectivity index (χ1) is 10.4. The Bertz CT molecular complexity index is 639. The first-order valence-electron chi connectivity index (χ1n) is 7.10. The van der Waals surface area contributed by atoms with Crippen molar-refractivity contribution in [2.75, 3.05) is 12.4 Å². The fourth-order valence-electron chi connectivity index (χ4n) is 2.50. The highest BCUT2D eigenvalue weighted by Crippen LogP contribution is 2.20. The summed E-state index contributed by atoms with van der Waals surface area (Å²) in [5.74, 6) is 1.54. The second-order valence-corrected chi connectivity index (χ2v) is 6.11. The van der Waals surface area contributed by atoms with E-state index in [9.17, 15) is 0 Å². The number of rotatable bonds is 5. The minimum Gasteiger partial charge on any atom is -0.411 e. The minimum absolute atomic E-state index is 0.00257. The number of aromatic nitrogens is 1. The largest absolute Gasteiger partial charge is 0.411 e. The molecule has 0 bridgehead atoms. The van der Waals surface area contributed by atoms with Crippen molar-refractivity contribution in [3.8, 4) is 0 Å². The van der Waals surface area contributed by atoms with Crippen molar-refractivity contribution in [3.05, 3.63) is 42.1 Å². The molecule has 2 aromatic rings. The van der Waals surface area contributed by atoms with Crippen LogP contribution in [0.3, 0.4) is 0 Å². The number of pyridine rings is 1. The van der Waals surface area contributed by atoms with Gasteiger partial charge in [0.1, 0.15) is 0 Å². The monoisotopic (exact) mass is 302 g/mol. The van der Waals surface area contributed by atoms with E-state index in [1.165, 1.54) is 5.56 Å². The molecule has 1 N–H and O–H groups in total. The molecule has 0 spiro atoms. The number of hydrogen-bond donors (Lipinski definition) is 1. The highest BCUT2D eigenvalue weighted by Gasteiger charge is 2.21. The predicted molar refractivity (Wildman–Crippen MR) is 86.1 cm³/mol. The van der Waals surface area contributed by atoms with E-state index < -0.39 is 0 Å². The third-order valence-electron chi connectivity index (χ3n) is 3.60. The van der Waals surface area contributed by atoms with Gasteiger partial charge in [-0.1, -0.05) is 23.4 Å². The van der Waals surface area contributed by atoms with E-state index in [-0.39, 0.29) is 6.10 Å². The number of thioether (sulfide) groups is 1. The lowest BCUT2D eigenvalue weighted by molar-refractivity contribution is 0.154. The van der Waals surface area contributed by atoms with Gasteiger partial charge in [-0.2, -0.15) is 11.8 Å². The molecule has 3 rings (SSSR count). The molecule has 1 aliphatic heterocycles. The second kappa shape index (κ2) is 6.91.